The molecule has 8 nitrogen and oxygen atoms in total. The fourth-order valence-corrected chi connectivity index (χ4v) is 0.395. The highest BCUT2D eigenvalue weighted by atomic mass is 16.7. The topological polar surface area (TPSA) is 119 Å². The summed E-state index contributed by atoms with van der Waals surface area (Å²) in [6.07, 6.45) is -1.32. The maximum absolute atomic E-state index is 10.2. The molecule has 0 amide bonds. The number of hydrogen-bond donors (Lipinski definition) is 2. The van der Waals surface area contributed by atoms with Gasteiger partial charge in [-0.2, -0.15) is 0 Å². The molecule has 0 aromatic carbocycles. The van der Waals surface area contributed by atoms with E-state index in [0.717, 1.165) is 6.26 Å². The van der Waals surface area contributed by atoms with E-state index in [1.54, 1.807) is 13.8 Å². The first-order valence-corrected chi connectivity index (χ1v) is 4.81. The fraction of sp³-hybridized carbons (Fsp3) is 0.500. The Morgan fingerprint density at radius 2 is 1.44 bits per heavy atom. The van der Waals surface area contributed by atoms with E-state index in [-0.39, 0.29) is 5.97 Å². The van der Waals surface area contributed by atoms with Crippen molar-refractivity contribution in [1.82, 2.24) is 0 Å². The van der Waals surface area contributed by atoms with Crippen LogP contribution in [0.3, 0.4) is 0 Å². The minimum atomic E-state index is -1.83. The lowest BCUT2D eigenvalue weighted by Gasteiger charge is -1.98. The van der Waals surface area contributed by atoms with E-state index in [9.17, 15) is 9.59 Å². The lowest BCUT2D eigenvalue weighted by Crippen LogP contribution is -2.05. The van der Waals surface area contributed by atoms with Crippen LogP contribution >= 0.6 is 0 Å². The van der Waals surface area contributed by atoms with Crippen LogP contribution in [-0.4, -0.2) is 41.7 Å². The highest BCUT2D eigenvalue weighted by Crippen LogP contribution is 1.81. The molecule has 0 aliphatic heterocycles. The van der Waals surface area contributed by atoms with Gasteiger partial charge in [0.15, 0.2) is 0 Å². The van der Waals surface area contributed by atoms with Crippen LogP contribution in [-0.2, 0) is 19.0 Å². The molecule has 0 radical (unpaired) electrons. The first-order valence-electron chi connectivity index (χ1n) is 4.81. The van der Waals surface area contributed by atoms with Gasteiger partial charge in [-0.25, -0.2) is 9.59 Å². The van der Waals surface area contributed by atoms with E-state index in [2.05, 4.69) is 20.8 Å². The van der Waals surface area contributed by atoms with Gasteiger partial charge in [-0.3, -0.25) is 4.79 Å². The molecular formula is C10H18O8. The summed E-state index contributed by atoms with van der Waals surface area (Å²) >= 11 is 0. The third-order valence-electron chi connectivity index (χ3n) is 0.774. The summed E-state index contributed by atoms with van der Waals surface area (Å²) in [5.74, 6) is -0.329. The summed E-state index contributed by atoms with van der Waals surface area (Å²) in [7, 11) is 0. The van der Waals surface area contributed by atoms with Crippen LogP contribution in [0.25, 0.3) is 0 Å². The quantitative estimate of drug-likeness (QED) is 0.588. The number of rotatable bonds is 3. The zero-order valence-corrected chi connectivity index (χ0v) is 10.5. The van der Waals surface area contributed by atoms with Crippen LogP contribution in [0.2, 0.25) is 0 Å². The number of carbonyl (C=O) groups excluding carboxylic acids is 2. The summed E-state index contributed by atoms with van der Waals surface area (Å²) in [6, 6.07) is 0. The van der Waals surface area contributed by atoms with Crippen molar-refractivity contribution in [1.29, 1.82) is 0 Å². The van der Waals surface area contributed by atoms with E-state index >= 15 is 0 Å². The molecule has 8 heteroatoms. The van der Waals surface area contributed by atoms with E-state index in [0.29, 0.717) is 13.2 Å². The molecule has 0 heterocycles. The van der Waals surface area contributed by atoms with E-state index < -0.39 is 12.3 Å². The van der Waals surface area contributed by atoms with Crippen molar-refractivity contribution in [3.05, 3.63) is 12.8 Å². The van der Waals surface area contributed by atoms with Gasteiger partial charge in [-0.15, -0.1) is 0 Å². The third-order valence-corrected chi connectivity index (χ3v) is 0.774. The summed E-state index contributed by atoms with van der Waals surface area (Å²) in [5, 5.41) is 13.9. The second-order valence-corrected chi connectivity index (χ2v) is 2.17. The lowest BCUT2D eigenvalue weighted by atomic mass is 10.8. The molecule has 0 atom stereocenters. The Morgan fingerprint density at radius 3 is 1.56 bits per heavy atom. The van der Waals surface area contributed by atoms with Crippen molar-refractivity contribution in [2.24, 2.45) is 0 Å². The maximum atomic E-state index is 10.2. The molecular weight excluding hydrogens is 248 g/mol. The minimum Gasteiger partial charge on any atom is -0.450 e. The fourth-order valence-electron chi connectivity index (χ4n) is 0.395. The number of esters is 1. The molecule has 0 saturated heterocycles. The molecule has 106 valence electrons. The lowest BCUT2D eigenvalue weighted by molar-refractivity contribution is -0.135. The first kappa shape index (κ1) is 21.1. The molecule has 18 heavy (non-hydrogen) atoms. The predicted octanol–water partition coefficient (Wildman–Crippen LogP) is 2.09. The summed E-state index contributed by atoms with van der Waals surface area (Å²) in [4.78, 5) is 28.5. The van der Waals surface area contributed by atoms with Crippen LogP contribution in [0.15, 0.2) is 12.8 Å². The van der Waals surface area contributed by atoms with Crippen LogP contribution in [0, 0.1) is 0 Å². The van der Waals surface area contributed by atoms with Gasteiger partial charge < -0.3 is 24.4 Å². The Kier molecular flexibility index (Phi) is 20.1. The molecule has 2 N–H and O–H groups in total. The summed E-state index contributed by atoms with van der Waals surface area (Å²) < 4.78 is 13.0. The Hall–Kier alpha value is -2.25. The molecule has 0 spiro atoms. The van der Waals surface area contributed by atoms with Crippen molar-refractivity contribution < 1.29 is 38.8 Å². The standard InChI is InChI=1S/C5H10O3.C4H6O2.CH2O3/c1-3-7-5(6)8-4-2;1-3-6-4(2)5;2-1(3)4/h3-4H2,1-2H3;3H,1H2,2H3;(H2,2,3,4). The second kappa shape index (κ2) is 17.2. The number of ether oxygens (including phenoxy) is 3. The van der Waals surface area contributed by atoms with Gasteiger partial charge in [0, 0.05) is 6.92 Å². The van der Waals surface area contributed by atoms with Crippen molar-refractivity contribution in [2.75, 3.05) is 13.2 Å². The largest absolute Gasteiger partial charge is 0.508 e. The molecule has 0 saturated carbocycles. The van der Waals surface area contributed by atoms with Crippen LogP contribution in [0.5, 0.6) is 0 Å². The van der Waals surface area contributed by atoms with Gasteiger partial charge in [0.2, 0.25) is 0 Å². The predicted molar refractivity (Wildman–Crippen MR) is 61.3 cm³/mol. The van der Waals surface area contributed by atoms with Crippen molar-refractivity contribution in [3.63, 3.8) is 0 Å². The van der Waals surface area contributed by atoms with E-state index in [1.165, 1.54) is 6.92 Å². The van der Waals surface area contributed by atoms with Gasteiger partial charge in [0.1, 0.15) is 0 Å². The molecule has 0 bridgehead atoms. The smallest absolute Gasteiger partial charge is 0.450 e. The molecule has 0 aliphatic carbocycles. The van der Waals surface area contributed by atoms with Gasteiger partial charge >= 0.3 is 18.3 Å². The van der Waals surface area contributed by atoms with Crippen LogP contribution < -0.4 is 0 Å². The van der Waals surface area contributed by atoms with Crippen molar-refractivity contribution in [3.8, 4) is 0 Å². The zero-order valence-electron chi connectivity index (χ0n) is 10.5. The van der Waals surface area contributed by atoms with E-state index in [4.69, 9.17) is 15.0 Å². The zero-order chi connectivity index (χ0) is 15.0. The Balaban J connectivity index is -0.000000200. The molecule has 0 aromatic heterocycles. The molecule has 0 unspecified atom stereocenters. The SMILES string of the molecule is C=COC(C)=O.CCOC(=O)OCC.O=C(O)O. The van der Waals surface area contributed by atoms with Gasteiger partial charge in [0.05, 0.1) is 19.5 Å². The maximum Gasteiger partial charge on any atom is 0.508 e. The second-order valence-electron chi connectivity index (χ2n) is 2.17. The van der Waals surface area contributed by atoms with E-state index in [1.807, 2.05) is 0 Å². The number of carbonyl (C=O) groups is 3. The monoisotopic (exact) mass is 266 g/mol. The third kappa shape index (κ3) is 49.1. The number of carboxylic acid groups (broad SMARTS) is 2. The molecule has 0 rings (SSSR count). The Morgan fingerprint density at radius 1 is 1.11 bits per heavy atom. The Labute approximate surface area is 105 Å². The van der Waals surface area contributed by atoms with Crippen molar-refractivity contribution in [2.45, 2.75) is 20.8 Å². The first-order chi connectivity index (χ1) is 8.31. The van der Waals surface area contributed by atoms with Crippen LogP contribution in [0.1, 0.15) is 20.8 Å². The Bertz CT molecular complexity index is 236. The molecule has 0 fully saturated rings. The number of hydrogen-bond acceptors (Lipinski definition) is 6. The normalized spacial score (nSPS) is 7.28. The molecule has 0 aliphatic rings. The average Bonchev–Trinajstić information content (AvgIpc) is 2.17. The average molecular weight is 266 g/mol. The minimum absolute atomic E-state index is 0.329. The van der Waals surface area contributed by atoms with Gasteiger partial charge in [0.25, 0.3) is 0 Å². The summed E-state index contributed by atoms with van der Waals surface area (Å²) in [6.45, 7) is 8.69. The highest BCUT2D eigenvalue weighted by Gasteiger charge is 1.96. The van der Waals surface area contributed by atoms with Crippen LogP contribution in [0.4, 0.5) is 9.59 Å². The highest BCUT2D eigenvalue weighted by molar-refractivity contribution is 5.66. The summed E-state index contributed by atoms with van der Waals surface area (Å²) in [5.41, 5.74) is 0. The van der Waals surface area contributed by atoms with Gasteiger partial charge in [-0.05, 0) is 13.8 Å². The molecule has 0 aromatic rings. The van der Waals surface area contributed by atoms with Crippen molar-refractivity contribution >= 4 is 18.3 Å². The van der Waals surface area contributed by atoms with Gasteiger partial charge in [-0.1, -0.05) is 6.58 Å².